The number of aromatic nitrogens is 2. The van der Waals surface area contributed by atoms with Gasteiger partial charge >= 0.3 is 0 Å². The molecule has 0 aliphatic heterocycles. The lowest BCUT2D eigenvalue weighted by Gasteiger charge is -2.17. The van der Waals surface area contributed by atoms with Crippen molar-refractivity contribution in [2.75, 3.05) is 5.32 Å². The van der Waals surface area contributed by atoms with Gasteiger partial charge in [-0.15, -0.1) is 0 Å². The number of rotatable bonds is 7. The first-order valence-corrected chi connectivity index (χ1v) is 13.2. The predicted octanol–water partition coefficient (Wildman–Crippen LogP) is 6.71. The van der Waals surface area contributed by atoms with Crippen LogP contribution in [0.4, 0.5) is 11.6 Å². The summed E-state index contributed by atoms with van der Waals surface area (Å²) in [6.45, 7) is 3.90. The molecule has 4 aromatic rings. The summed E-state index contributed by atoms with van der Waals surface area (Å²) in [5.41, 5.74) is 5.85. The van der Waals surface area contributed by atoms with Crippen LogP contribution in [0.5, 0.6) is 11.6 Å². The van der Waals surface area contributed by atoms with Gasteiger partial charge in [0.25, 0.3) is 5.91 Å². The van der Waals surface area contributed by atoms with Gasteiger partial charge in [-0.25, -0.2) is 4.98 Å². The highest BCUT2D eigenvalue weighted by Crippen LogP contribution is 2.34. The Balaban J connectivity index is 1.47. The van der Waals surface area contributed by atoms with Gasteiger partial charge in [0, 0.05) is 17.9 Å². The minimum absolute atomic E-state index is 0.131. The molecule has 0 unspecified atom stereocenters. The molecule has 5 rings (SSSR count). The fraction of sp³-hybridized carbons (Fsp3) is 0.219. The summed E-state index contributed by atoms with van der Waals surface area (Å²) in [6.07, 6.45) is 5.59. The second kappa shape index (κ2) is 11.7. The molecule has 0 bridgehead atoms. The number of hydrogen-bond acceptors (Lipinski definition) is 7. The summed E-state index contributed by atoms with van der Waals surface area (Å²) in [4.78, 5) is 22.2. The molecule has 2 N–H and O–H groups in total. The Morgan fingerprint density at radius 1 is 0.900 bits per heavy atom. The first-order chi connectivity index (χ1) is 19.4. The molecule has 1 fully saturated rings. The van der Waals surface area contributed by atoms with Gasteiger partial charge in [-0.3, -0.25) is 4.79 Å². The highest BCUT2D eigenvalue weighted by Gasteiger charge is 2.23. The Labute approximate surface area is 233 Å². The number of hydrogen-bond donors (Lipinski definition) is 2. The van der Waals surface area contributed by atoms with Crippen molar-refractivity contribution < 1.29 is 9.53 Å². The molecule has 0 radical (unpaired) electrons. The molecule has 8 nitrogen and oxygen atoms in total. The lowest BCUT2D eigenvalue weighted by atomic mass is 9.99. The summed E-state index contributed by atoms with van der Waals surface area (Å²) in [5, 5.41) is 24.4. The molecular formula is C32H28N6O2. The number of nitriles is 2. The molecule has 0 saturated heterocycles. The fourth-order valence-corrected chi connectivity index (χ4v) is 4.86. The zero-order valence-electron chi connectivity index (χ0n) is 22.4. The van der Waals surface area contributed by atoms with Gasteiger partial charge in [-0.2, -0.15) is 15.5 Å². The molecule has 0 atom stereocenters. The van der Waals surface area contributed by atoms with E-state index < -0.39 is 0 Å². The van der Waals surface area contributed by atoms with E-state index in [0.29, 0.717) is 22.6 Å². The number of anilines is 2. The Kier molecular flexibility index (Phi) is 7.70. The Morgan fingerprint density at radius 3 is 2.10 bits per heavy atom. The molecule has 1 aliphatic rings. The second-order valence-electron chi connectivity index (χ2n) is 9.91. The van der Waals surface area contributed by atoms with Gasteiger partial charge in [-0.1, -0.05) is 25.0 Å². The van der Waals surface area contributed by atoms with Gasteiger partial charge in [0.1, 0.15) is 11.3 Å². The number of nitrogens with zero attached hydrogens (tertiary/aromatic N) is 4. The lowest BCUT2D eigenvalue weighted by molar-refractivity contribution is 0.0934. The molecule has 0 spiro atoms. The van der Waals surface area contributed by atoms with Crippen LogP contribution in [0.3, 0.4) is 0 Å². The third kappa shape index (κ3) is 5.92. The number of aryl methyl sites for hydroxylation is 2. The quantitative estimate of drug-likeness (QED) is 0.273. The topological polar surface area (TPSA) is 124 Å². The van der Waals surface area contributed by atoms with Crippen LogP contribution < -0.4 is 15.4 Å². The van der Waals surface area contributed by atoms with Crippen molar-refractivity contribution >= 4 is 17.5 Å². The SMILES string of the molecule is Cc1cc(-c2ccc(C#N)cc2)cc(C)c1Oc1nc(Nc2ccc(C#N)cc2)ncc1C(=O)NC1CCCC1. The van der Waals surface area contributed by atoms with Crippen molar-refractivity contribution in [3.63, 3.8) is 0 Å². The highest BCUT2D eigenvalue weighted by molar-refractivity contribution is 5.96. The number of benzene rings is 3. The van der Waals surface area contributed by atoms with Gasteiger partial charge in [0.15, 0.2) is 0 Å². The second-order valence-corrected chi connectivity index (χ2v) is 9.91. The van der Waals surface area contributed by atoms with E-state index in [1.165, 1.54) is 6.20 Å². The maximum atomic E-state index is 13.3. The van der Waals surface area contributed by atoms with Gasteiger partial charge in [-0.05, 0) is 97.5 Å². The monoisotopic (exact) mass is 528 g/mol. The number of ether oxygens (including phenoxy) is 1. The zero-order valence-corrected chi connectivity index (χ0v) is 22.4. The maximum absolute atomic E-state index is 13.3. The molecule has 3 aromatic carbocycles. The summed E-state index contributed by atoms with van der Waals surface area (Å²) in [5.74, 6) is 0.757. The summed E-state index contributed by atoms with van der Waals surface area (Å²) in [6, 6.07) is 22.8. The van der Waals surface area contributed by atoms with E-state index in [4.69, 9.17) is 15.3 Å². The standard InChI is InChI=1S/C32H28N6O2/c1-20-15-25(24-11-7-22(17-33)8-12-24)16-21(2)29(20)40-31-28(30(39)36-26-5-3-4-6-26)19-35-32(38-31)37-27-13-9-23(18-34)10-14-27/h7-16,19,26H,3-6H2,1-2H3,(H,36,39)(H,35,37,38). The first-order valence-electron chi connectivity index (χ1n) is 13.2. The number of carbonyl (C=O) groups is 1. The van der Waals surface area contributed by atoms with E-state index in [-0.39, 0.29) is 29.3 Å². The predicted molar refractivity (Wildman–Crippen MR) is 152 cm³/mol. The average Bonchev–Trinajstić information content (AvgIpc) is 3.48. The minimum atomic E-state index is -0.267. The molecular weight excluding hydrogens is 500 g/mol. The van der Waals surface area contributed by atoms with Gasteiger partial charge < -0.3 is 15.4 Å². The molecule has 1 aromatic heterocycles. The molecule has 198 valence electrons. The van der Waals surface area contributed by atoms with Crippen molar-refractivity contribution in [3.05, 3.63) is 94.7 Å². The lowest BCUT2D eigenvalue weighted by Crippen LogP contribution is -2.33. The van der Waals surface area contributed by atoms with E-state index in [9.17, 15) is 4.79 Å². The van der Waals surface area contributed by atoms with Crippen LogP contribution >= 0.6 is 0 Å². The average molecular weight is 529 g/mol. The van der Waals surface area contributed by atoms with Gasteiger partial charge in [0.2, 0.25) is 11.8 Å². The molecule has 1 saturated carbocycles. The van der Waals surface area contributed by atoms with Crippen LogP contribution in [-0.4, -0.2) is 21.9 Å². The Morgan fingerprint density at radius 2 is 1.50 bits per heavy atom. The molecule has 8 heteroatoms. The van der Waals surface area contributed by atoms with Crippen molar-refractivity contribution in [2.24, 2.45) is 0 Å². The molecule has 1 heterocycles. The van der Waals surface area contributed by atoms with Crippen LogP contribution in [0, 0.1) is 36.5 Å². The third-order valence-electron chi connectivity index (χ3n) is 6.97. The van der Waals surface area contributed by atoms with E-state index in [2.05, 4.69) is 32.7 Å². The third-order valence-corrected chi connectivity index (χ3v) is 6.97. The van der Waals surface area contributed by atoms with Crippen LogP contribution in [0.25, 0.3) is 11.1 Å². The minimum Gasteiger partial charge on any atom is -0.437 e. The van der Waals surface area contributed by atoms with E-state index in [1.807, 2.05) is 38.1 Å². The first kappa shape index (κ1) is 26.4. The van der Waals surface area contributed by atoms with Crippen LogP contribution in [0.1, 0.15) is 58.3 Å². The summed E-state index contributed by atoms with van der Waals surface area (Å²) < 4.78 is 6.36. The number of nitrogens with one attached hydrogen (secondary N) is 2. The fourth-order valence-electron chi connectivity index (χ4n) is 4.86. The van der Waals surface area contributed by atoms with E-state index in [0.717, 1.165) is 47.9 Å². The highest BCUT2D eigenvalue weighted by atomic mass is 16.5. The maximum Gasteiger partial charge on any atom is 0.258 e. The summed E-state index contributed by atoms with van der Waals surface area (Å²) in [7, 11) is 0. The number of amides is 1. The Hall–Kier alpha value is -5.21. The summed E-state index contributed by atoms with van der Waals surface area (Å²) >= 11 is 0. The van der Waals surface area contributed by atoms with Crippen LogP contribution in [-0.2, 0) is 0 Å². The van der Waals surface area contributed by atoms with Gasteiger partial charge in [0.05, 0.1) is 23.3 Å². The van der Waals surface area contributed by atoms with Crippen molar-refractivity contribution in [1.82, 2.24) is 15.3 Å². The molecule has 40 heavy (non-hydrogen) atoms. The van der Waals surface area contributed by atoms with E-state index >= 15 is 0 Å². The van der Waals surface area contributed by atoms with Crippen molar-refractivity contribution in [2.45, 2.75) is 45.6 Å². The number of carbonyl (C=O) groups excluding carboxylic acids is 1. The zero-order chi connectivity index (χ0) is 28.1. The van der Waals surface area contributed by atoms with Crippen molar-refractivity contribution in [3.8, 4) is 34.9 Å². The van der Waals surface area contributed by atoms with Crippen molar-refractivity contribution in [1.29, 1.82) is 10.5 Å². The van der Waals surface area contributed by atoms with E-state index in [1.54, 1.807) is 36.4 Å². The van der Waals surface area contributed by atoms with Crippen LogP contribution in [0.15, 0.2) is 66.9 Å². The molecule has 1 amide bonds. The van der Waals surface area contributed by atoms with Crippen LogP contribution in [0.2, 0.25) is 0 Å². The Bertz CT molecular complexity index is 1600. The normalized spacial score (nSPS) is 12.8. The smallest absolute Gasteiger partial charge is 0.258 e. The largest absolute Gasteiger partial charge is 0.437 e. The molecule has 1 aliphatic carbocycles.